The standard InChI is InChI=1S/C21H20N4OS/c1-15-7-3-5-9-17(15)14-23-25-26-24-21-12-11-20(27-21)19(13-22)18-10-6-4-8-16(18)2/h3-12,23,25H,14H2,1-2H3. The molecule has 0 spiro atoms. The molecule has 1 aliphatic heterocycles. The van der Waals surface area contributed by atoms with Gasteiger partial charge in [-0.05, 0) is 48.3 Å². The third-order valence-corrected chi connectivity index (χ3v) is 5.14. The van der Waals surface area contributed by atoms with E-state index in [9.17, 15) is 5.26 Å². The number of hydrogen-bond donors (Lipinski definition) is 2. The van der Waals surface area contributed by atoms with Crippen LogP contribution in [0, 0.1) is 25.2 Å². The molecule has 27 heavy (non-hydrogen) atoms. The highest BCUT2D eigenvalue weighted by molar-refractivity contribution is 8.18. The molecule has 0 fully saturated rings. The van der Waals surface area contributed by atoms with Crippen LogP contribution in [0.1, 0.15) is 22.3 Å². The van der Waals surface area contributed by atoms with Crippen LogP contribution in [0.3, 0.4) is 0 Å². The molecule has 2 aromatic rings. The lowest BCUT2D eigenvalue weighted by Gasteiger charge is -2.07. The van der Waals surface area contributed by atoms with E-state index >= 15 is 0 Å². The fourth-order valence-corrected chi connectivity index (χ4v) is 3.48. The van der Waals surface area contributed by atoms with Crippen molar-refractivity contribution in [3.8, 4) is 6.07 Å². The van der Waals surface area contributed by atoms with Crippen LogP contribution in [0.4, 0.5) is 0 Å². The zero-order chi connectivity index (χ0) is 19.1. The summed E-state index contributed by atoms with van der Waals surface area (Å²) in [7, 11) is 0. The quantitative estimate of drug-likeness (QED) is 0.445. The summed E-state index contributed by atoms with van der Waals surface area (Å²) in [5, 5.41) is 14.3. The first kappa shape index (κ1) is 18.9. The molecule has 136 valence electrons. The van der Waals surface area contributed by atoms with Gasteiger partial charge in [0, 0.05) is 11.4 Å². The van der Waals surface area contributed by atoms with Crippen molar-refractivity contribution < 1.29 is 4.94 Å². The highest BCUT2D eigenvalue weighted by atomic mass is 32.2. The largest absolute Gasteiger partial charge is 0.283 e. The Morgan fingerprint density at radius 1 is 1.07 bits per heavy atom. The van der Waals surface area contributed by atoms with Crippen LogP contribution >= 0.6 is 11.8 Å². The van der Waals surface area contributed by atoms with Gasteiger partial charge < -0.3 is 0 Å². The summed E-state index contributed by atoms with van der Waals surface area (Å²) in [5.41, 5.74) is 10.6. The first-order chi connectivity index (χ1) is 13.2. The van der Waals surface area contributed by atoms with Crippen molar-refractivity contribution in [3.63, 3.8) is 0 Å². The van der Waals surface area contributed by atoms with Gasteiger partial charge in [-0.25, -0.2) is 5.43 Å². The average molecular weight is 376 g/mol. The maximum atomic E-state index is 9.58. The first-order valence-electron chi connectivity index (χ1n) is 8.51. The fourth-order valence-electron chi connectivity index (χ4n) is 2.65. The molecule has 3 rings (SSSR count). The Labute approximate surface area is 163 Å². The summed E-state index contributed by atoms with van der Waals surface area (Å²) in [4.78, 5) is 5.98. The van der Waals surface area contributed by atoms with E-state index < -0.39 is 0 Å². The van der Waals surface area contributed by atoms with E-state index in [-0.39, 0.29) is 0 Å². The Hall–Kier alpha value is -2.85. The van der Waals surface area contributed by atoms with Gasteiger partial charge in [0.15, 0.2) is 0 Å². The van der Waals surface area contributed by atoms with Gasteiger partial charge in [-0.15, -0.1) is 0 Å². The summed E-state index contributed by atoms with van der Waals surface area (Å²) in [6, 6.07) is 18.3. The second-order valence-electron chi connectivity index (χ2n) is 6.00. The molecule has 0 aliphatic carbocycles. The molecule has 5 nitrogen and oxygen atoms in total. The van der Waals surface area contributed by atoms with E-state index in [4.69, 9.17) is 4.94 Å². The summed E-state index contributed by atoms with van der Waals surface area (Å²) in [6.07, 6.45) is 3.72. The monoisotopic (exact) mass is 376 g/mol. The zero-order valence-electron chi connectivity index (χ0n) is 15.2. The number of rotatable bonds is 6. The molecule has 0 atom stereocenters. The Morgan fingerprint density at radius 3 is 2.56 bits per heavy atom. The van der Waals surface area contributed by atoms with Gasteiger partial charge in [-0.1, -0.05) is 71.0 Å². The molecule has 2 N–H and O–H groups in total. The van der Waals surface area contributed by atoms with Crippen LogP contribution in [-0.2, 0) is 11.5 Å². The molecule has 0 radical (unpaired) electrons. The Balaban J connectivity index is 1.56. The van der Waals surface area contributed by atoms with Crippen molar-refractivity contribution in [2.75, 3.05) is 0 Å². The minimum absolute atomic E-state index is 0.623. The summed E-state index contributed by atoms with van der Waals surface area (Å²) < 4.78 is 0. The van der Waals surface area contributed by atoms with E-state index in [1.165, 1.54) is 22.9 Å². The minimum atomic E-state index is 0.623. The van der Waals surface area contributed by atoms with E-state index in [2.05, 4.69) is 41.3 Å². The number of nitrogens with one attached hydrogen (secondary N) is 2. The number of allylic oxidation sites excluding steroid dienone is 2. The lowest BCUT2D eigenvalue weighted by Crippen LogP contribution is -2.30. The van der Waals surface area contributed by atoms with Crippen molar-refractivity contribution in [1.29, 1.82) is 5.26 Å². The van der Waals surface area contributed by atoms with Crippen molar-refractivity contribution in [2.24, 2.45) is 5.16 Å². The van der Waals surface area contributed by atoms with Gasteiger partial charge in [-0.2, -0.15) is 5.26 Å². The highest BCUT2D eigenvalue weighted by Crippen LogP contribution is 2.34. The lowest BCUT2D eigenvalue weighted by atomic mass is 10.0. The van der Waals surface area contributed by atoms with E-state index in [0.717, 1.165) is 16.0 Å². The van der Waals surface area contributed by atoms with Crippen molar-refractivity contribution >= 4 is 22.4 Å². The van der Waals surface area contributed by atoms with Crippen molar-refractivity contribution in [3.05, 3.63) is 87.8 Å². The topological polar surface area (TPSA) is 69.4 Å². The number of nitrogens with zero attached hydrogens (tertiary/aromatic N) is 2. The molecule has 0 saturated carbocycles. The zero-order valence-corrected chi connectivity index (χ0v) is 16.0. The van der Waals surface area contributed by atoms with Crippen LogP contribution in [-0.4, -0.2) is 5.04 Å². The van der Waals surface area contributed by atoms with Crippen LogP contribution in [0.2, 0.25) is 0 Å². The van der Waals surface area contributed by atoms with Crippen molar-refractivity contribution in [1.82, 2.24) is 11.0 Å². The second-order valence-corrected chi connectivity index (χ2v) is 7.07. The van der Waals surface area contributed by atoms with Gasteiger partial charge in [-0.3, -0.25) is 4.94 Å². The molecular formula is C21H20N4OS. The maximum absolute atomic E-state index is 9.58. The van der Waals surface area contributed by atoms with Crippen LogP contribution in [0.5, 0.6) is 0 Å². The highest BCUT2D eigenvalue weighted by Gasteiger charge is 2.16. The summed E-state index contributed by atoms with van der Waals surface area (Å²) >= 11 is 1.41. The normalized spacial score (nSPS) is 16.4. The van der Waals surface area contributed by atoms with Gasteiger partial charge in [0.25, 0.3) is 0 Å². The lowest BCUT2D eigenvalue weighted by molar-refractivity contribution is 0.0143. The van der Waals surface area contributed by atoms with Crippen LogP contribution in [0.15, 0.2) is 70.7 Å². The van der Waals surface area contributed by atoms with Gasteiger partial charge in [0.05, 0.1) is 5.57 Å². The van der Waals surface area contributed by atoms with E-state index in [1.54, 1.807) is 0 Å². The predicted octanol–water partition coefficient (Wildman–Crippen LogP) is 4.38. The molecule has 6 heteroatoms. The number of thioether (sulfide) groups is 1. The molecule has 0 amide bonds. The number of benzene rings is 2. The number of oxime groups is 1. The molecule has 0 bridgehead atoms. The van der Waals surface area contributed by atoms with Crippen LogP contribution in [0.25, 0.3) is 5.57 Å². The molecule has 0 unspecified atom stereocenters. The Morgan fingerprint density at radius 2 is 1.81 bits per heavy atom. The van der Waals surface area contributed by atoms with Gasteiger partial charge in [0.2, 0.25) is 0 Å². The number of nitriles is 1. The number of hydrogen-bond acceptors (Lipinski definition) is 6. The molecule has 1 heterocycles. The molecule has 0 saturated heterocycles. The van der Waals surface area contributed by atoms with E-state index in [0.29, 0.717) is 17.2 Å². The molecule has 1 aliphatic rings. The molecular weight excluding hydrogens is 356 g/mol. The Kier molecular flexibility index (Phi) is 6.44. The number of hydrazine groups is 1. The third kappa shape index (κ3) is 4.86. The minimum Gasteiger partial charge on any atom is -0.283 e. The van der Waals surface area contributed by atoms with Crippen LogP contribution < -0.4 is 11.0 Å². The maximum Gasteiger partial charge on any atom is 0.143 e. The second kappa shape index (κ2) is 9.19. The van der Waals surface area contributed by atoms with Gasteiger partial charge >= 0.3 is 0 Å². The van der Waals surface area contributed by atoms with Gasteiger partial charge in [0.1, 0.15) is 11.1 Å². The summed E-state index contributed by atoms with van der Waals surface area (Å²) in [6.45, 7) is 4.68. The fraction of sp³-hybridized carbons (Fsp3) is 0.143. The SMILES string of the molecule is Cc1ccccc1CNNON=C1C=CC(=C(C#N)c2ccccc2C)S1. The van der Waals surface area contributed by atoms with Crippen molar-refractivity contribution in [2.45, 2.75) is 20.4 Å². The Bertz CT molecular complexity index is 957. The third-order valence-electron chi connectivity index (χ3n) is 4.16. The molecule has 0 aromatic heterocycles. The first-order valence-corrected chi connectivity index (χ1v) is 9.33. The predicted molar refractivity (Wildman–Crippen MR) is 110 cm³/mol. The smallest absolute Gasteiger partial charge is 0.143 e. The number of aryl methyl sites for hydroxylation is 2. The average Bonchev–Trinajstić information content (AvgIpc) is 3.13. The molecule has 2 aromatic carbocycles. The summed E-state index contributed by atoms with van der Waals surface area (Å²) in [5.74, 6) is 0. The van der Waals surface area contributed by atoms with E-state index in [1.807, 2.05) is 55.5 Å².